The number of benzene rings is 1. The van der Waals surface area contributed by atoms with E-state index in [9.17, 15) is 4.79 Å². The lowest BCUT2D eigenvalue weighted by Crippen LogP contribution is -2.11. The number of aromatic nitrogens is 1. The minimum atomic E-state index is -0.184. The van der Waals surface area contributed by atoms with Gasteiger partial charge in [0.15, 0.2) is 0 Å². The van der Waals surface area contributed by atoms with Crippen LogP contribution in [-0.4, -0.2) is 22.6 Å². The summed E-state index contributed by atoms with van der Waals surface area (Å²) in [5.74, 6) is 5.16. The van der Waals surface area contributed by atoms with Crippen LogP contribution in [0.5, 0.6) is 0 Å². The molecule has 19 heavy (non-hydrogen) atoms. The molecule has 0 saturated heterocycles. The second-order valence-corrected chi connectivity index (χ2v) is 3.73. The van der Waals surface area contributed by atoms with Gasteiger partial charge < -0.3 is 10.4 Å². The van der Waals surface area contributed by atoms with Gasteiger partial charge in [0.2, 0.25) is 0 Å². The Morgan fingerprint density at radius 3 is 2.47 bits per heavy atom. The number of carbonyl (C=O) groups excluding carboxylic acids is 1. The summed E-state index contributed by atoms with van der Waals surface area (Å²) in [7, 11) is 0. The number of hydrogen-bond donors (Lipinski definition) is 2. The lowest BCUT2D eigenvalue weighted by molar-refractivity contribution is 0.102. The minimum Gasteiger partial charge on any atom is -0.384 e. The van der Waals surface area contributed by atoms with E-state index in [1.165, 1.54) is 0 Å². The van der Waals surface area contributed by atoms with Crippen molar-refractivity contribution in [3.8, 4) is 11.8 Å². The normalized spacial score (nSPS) is 9.32. The van der Waals surface area contributed by atoms with Crippen LogP contribution in [0.3, 0.4) is 0 Å². The molecule has 0 bridgehead atoms. The lowest BCUT2D eigenvalue weighted by atomic mass is 10.2. The van der Waals surface area contributed by atoms with Crippen molar-refractivity contribution in [1.29, 1.82) is 0 Å². The summed E-state index contributed by atoms with van der Waals surface area (Å²) < 4.78 is 0. The van der Waals surface area contributed by atoms with Crippen LogP contribution in [0.1, 0.15) is 15.9 Å². The van der Waals surface area contributed by atoms with Gasteiger partial charge in [0.05, 0.1) is 0 Å². The first-order valence-electron chi connectivity index (χ1n) is 5.71. The smallest absolute Gasteiger partial charge is 0.255 e. The highest BCUT2D eigenvalue weighted by Gasteiger charge is 2.04. The second-order valence-electron chi connectivity index (χ2n) is 3.73. The van der Waals surface area contributed by atoms with Gasteiger partial charge >= 0.3 is 0 Å². The molecule has 0 spiro atoms. The van der Waals surface area contributed by atoms with Crippen molar-refractivity contribution in [1.82, 2.24) is 4.98 Å². The molecular weight excluding hydrogens is 240 g/mol. The van der Waals surface area contributed by atoms with E-state index in [2.05, 4.69) is 22.1 Å². The van der Waals surface area contributed by atoms with Crippen LogP contribution >= 0.6 is 0 Å². The van der Waals surface area contributed by atoms with Gasteiger partial charge in [-0.15, -0.1) is 0 Å². The molecule has 0 saturated carbocycles. The van der Waals surface area contributed by atoms with E-state index in [1.54, 1.807) is 48.8 Å². The Hall–Kier alpha value is -2.64. The van der Waals surface area contributed by atoms with E-state index < -0.39 is 0 Å². The number of nitrogens with zero attached hydrogens (tertiary/aromatic N) is 1. The Kier molecular flexibility index (Phi) is 4.27. The number of anilines is 1. The maximum atomic E-state index is 11.9. The Bertz CT molecular complexity index is 610. The molecule has 1 heterocycles. The molecule has 1 amide bonds. The summed E-state index contributed by atoms with van der Waals surface area (Å²) in [6, 6.07) is 10.4. The summed E-state index contributed by atoms with van der Waals surface area (Å²) in [5, 5.41) is 11.4. The van der Waals surface area contributed by atoms with Crippen molar-refractivity contribution in [3.63, 3.8) is 0 Å². The third-order valence-electron chi connectivity index (χ3n) is 2.40. The van der Waals surface area contributed by atoms with E-state index >= 15 is 0 Å². The molecule has 4 heteroatoms. The average Bonchev–Trinajstić information content (AvgIpc) is 2.47. The van der Waals surface area contributed by atoms with Gasteiger partial charge in [-0.25, -0.2) is 0 Å². The SMILES string of the molecule is O=C(Nc1ccc(C#CCO)cc1)c1ccncc1. The predicted molar refractivity (Wildman–Crippen MR) is 72.6 cm³/mol. The molecule has 0 atom stereocenters. The van der Waals surface area contributed by atoms with Crippen LogP contribution in [0.2, 0.25) is 0 Å². The van der Waals surface area contributed by atoms with Crippen LogP contribution in [0, 0.1) is 11.8 Å². The molecule has 1 aromatic heterocycles. The Balaban J connectivity index is 2.06. The number of carbonyl (C=O) groups is 1. The zero-order chi connectivity index (χ0) is 13.5. The van der Waals surface area contributed by atoms with Crippen LogP contribution in [0.25, 0.3) is 0 Å². The minimum absolute atomic E-state index is 0.166. The third kappa shape index (κ3) is 3.66. The number of rotatable bonds is 2. The largest absolute Gasteiger partial charge is 0.384 e. The molecule has 0 fully saturated rings. The highest BCUT2D eigenvalue weighted by Crippen LogP contribution is 2.10. The quantitative estimate of drug-likeness (QED) is 0.799. The standard InChI is InChI=1S/C15H12N2O2/c18-11-1-2-12-3-5-14(6-4-12)17-15(19)13-7-9-16-10-8-13/h3-10,18H,11H2,(H,17,19). The summed E-state index contributed by atoms with van der Waals surface area (Å²) >= 11 is 0. The second kappa shape index (κ2) is 6.34. The zero-order valence-electron chi connectivity index (χ0n) is 10.1. The van der Waals surface area contributed by atoms with Crippen molar-refractivity contribution in [2.24, 2.45) is 0 Å². The summed E-state index contributed by atoms with van der Waals surface area (Å²) in [5.41, 5.74) is 2.03. The average molecular weight is 252 g/mol. The fourth-order valence-electron chi connectivity index (χ4n) is 1.49. The monoisotopic (exact) mass is 252 g/mol. The van der Waals surface area contributed by atoms with Gasteiger partial charge in [-0.1, -0.05) is 11.8 Å². The molecule has 0 aliphatic rings. The summed E-state index contributed by atoms with van der Waals surface area (Å²) in [4.78, 5) is 15.7. The van der Waals surface area contributed by atoms with E-state index in [-0.39, 0.29) is 12.5 Å². The molecule has 1 aromatic carbocycles. The number of aliphatic hydroxyl groups is 1. The molecule has 2 rings (SSSR count). The van der Waals surface area contributed by atoms with Gasteiger partial charge in [-0.2, -0.15) is 0 Å². The number of hydrogen-bond acceptors (Lipinski definition) is 3. The Morgan fingerprint density at radius 2 is 1.84 bits per heavy atom. The first-order valence-corrected chi connectivity index (χ1v) is 5.71. The first-order chi connectivity index (χ1) is 9.29. The molecule has 2 N–H and O–H groups in total. The molecule has 2 aromatic rings. The molecule has 0 radical (unpaired) electrons. The highest BCUT2D eigenvalue weighted by molar-refractivity contribution is 6.04. The van der Waals surface area contributed by atoms with Gasteiger partial charge in [0.25, 0.3) is 5.91 Å². The maximum absolute atomic E-state index is 11.9. The summed E-state index contributed by atoms with van der Waals surface area (Å²) in [6.45, 7) is -0.166. The number of aliphatic hydroxyl groups excluding tert-OH is 1. The van der Waals surface area contributed by atoms with Crippen molar-refractivity contribution < 1.29 is 9.90 Å². The number of pyridine rings is 1. The van der Waals surface area contributed by atoms with Crippen molar-refractivity contribution in [2.45, 2.75) is 0 Å². The molecule has 0 aliphatic heterocycles. The maximum Gasteiger partial charge on any atom is 0.255 e. The Labute approximate surface area is 111 Å². The third-order valence-corrected chi connectivity index (χ3v) is 2.40. The van der Waals surface area contributed by atoms with E-state index in [0.717, 1.165) is 5.56 Å². The van der Waals surface area contributed by atoms with Crippen molar-refractivity contribution in [2.75, 3.05) is 11.9 Å². The van der Waals surface area contributed by atoms with E-state index in [4.69, 9.17) is 5.11 Å². The van der Waals surface area contributed by atoms with Crippen LogP contribution in [0.15, 0.2) is 48.8 Å². The molecule has 94 valence electrons. The predicted octanol–water partition coefficient (Wildman–Crippen LogP) is 1.68. The van der Waals surface area contributed by atoms with Gasteiger partial charge in [0.1, 0.15) is 6.61 Å². The van der Waals surface area contributed by atoms with Gasteiger partial charge in [-0.05, 0) is 36.4 Å². The van der Waals surface area contributed by atoms with E-state index in [0.29, 0.717) is 11.3 Å². The lowest BCUT2D eigenvalue weighted by Gasteiger charge is -2.04. The van der Waals surface area contributed by atoms with Crippen LogP contribution in [0.4, 0.5) is 5.69 Å². The van der Waals surface area contributed by atoms with E-state index in [1.807, 2.05) is 0 Å². The molecule has 4 nitrogen and oxygen atoms in total. The molecule has 0 aliphatic carbocycles. The van der Waals surface area contributed by atoms with Crippen LogP contribution in [-0.2, 0) is 0 Å². The van der Waals surface area contributed by atoms with Crippen molar-refractivity contribution >= 4 is 11.6 Å². The van der Waals surface area contributed by atoms with Gasteiger partial charge in [0, 0.05) is 29.2 Å². The van der Waals surface area contributed by atoms with Crippen LogP contribution < -0.4 is 5.32 Å². The summed E-state index contributed by atoms with van der Waals surface area (Å²) in [6.07, 6.45) is 3.14. The molecule has 0 unspecified atom stereocenters. The fourth-order valence-corrected chi connectivity index (χ4v) is 1.49. The fraction of sp³-hybridized carbons (Fsp3) is 0.0667. The zero-order valence-corrected chi connectivity index (χ0v) is 10.1. The van der Waals surface area contributed by atoms with Gasteiger partial charge in [-0.3, -0.25) is 9.78 Å². The number of amides is 1. The first kappa shape index (κ1) is 12.8. The highest BCUT2D eigenvalue weighted by atomic mass is 16.2. The van der Waals surface area contributed by atoms with Crippen molar-refractivity contribution in [3.05, 3.63) is 59.9 Å². The topological polar surface area (TPSA) is 62.2 Å². The molecular formula is C15H12N2O2. The number of nitrogens with one attached hydrogen (secondary N) is 1. The Morgan fingerprint density at radius 1 is 1.16 bits per heavy atom.